The van der Waals surface area contributed by atoms with Crippen molar-refractivity contribution in [2.45, 2.75) is 33.4 Å². The minimum atomic E-state index is 0.217. The number of nitrogens with zero attached hydrogens (tertiary/aromatic N) is 2. The van der Waals surface area contributed by atoms with E-state index in [9.17, 15) is 0 Å². The van der Waals surface area contributed by atoms with Crippen LogP contribution in [0.4, 0.5) is 0 Å². The van der Waals surface area contributed by atoms with Gasteiger partial charge in [-0.3, -0.25) is 0 Å². The molecule has 0 aliphatic rings. The zero-order chi connectivity index (χ0) is 14.4. The molecule has 1 aromatic carbocycles. The van der Waals surface area contributed by atoms with Crippen molar-refractivity contribution in [1.82, 2.24) is 10.2 Å². The summed E-state index contributed by atoms with van der Waals surface area (Å²) in [6.45, 7) is 5.12. The first-order chi connectivity index (χ1) is 9.76. The Kier molecular flexibility index (Phi) is 4.95. The lowest BCUT2D eigenvalue weighted by molar-refractivity contribution is 0.239. The molecule has 1 aromatic heterocycles. The van der Waals surface area contributed by atoms with Crippen LogP contribution in [-0.2, 0) is 19.6 Å². The van der Waals surface area contributed by atoms with E-state index in [1.54, 1.807) is 0 Å². The summed E-state index contributed by atoms with van der Waals surface area (Å²) in [6, 6.07) is 5.62. The Bertz CT molecular complexity index is 554. The van der Waals surface area contributed by atoms with Gasteiger partial charge in [-0.25, -0.2) is 0 Å². The van der Waals surface area contributed by atoms with Crippen LogP contribution in [0, 0.1) is 0 Å². The fraction of sp³-hybridized carbons (Fsp3) is 0.429. The van der Waals surface area contributed by atoms with Crippen molar-refractivity contribution >= 4 is 0 Å². The van der Waals surface area contributed by atoms with Gasteiger partial charge in [-0.1, -0.05) is 13.0 Å². The molecule has 0 saturated carbocycles. The van der Waals surface area contributed by atoms with E-state index in [1.807, 2.05) is 32.0 Å². The van der Waals surface area contributed by atoms with Gasteiger partial charge in [-0.15, -0.1) is 10.2 Å². The molecule has 0 unspecified atom stereocenters. The predicted molar refractivity (Wildman–Crippen MR) is 73.5 cm³/mol. The molecule has 0 bridgehead atoms. The molecular weight excluding hydrogens is 258 g/mol. The zero-order valence-electron chi connectivity index (χ0n) is 11.8. The molecule has 0 aliphatic carbocycles. The van der Waals surface area contributed by atoms with E-state index >= 15 is 0 Å². The summed E-state index contributed by atoms with van der Waals surface area (Å²) in [7, 11) is 0. The van der Waals surface area contributed by atoms with E-state index in [2.05, 4.69) is 10.2 Å². The van der Waals surface area contributed by atoms with Crippen molar-refractivity contribution in [3.05, 3.63) is 35.5 Å². The maximum absolute atomic E-state index is 5.67. The first kappa shape index (κ1) is 14.3. The van der Waals surface area contributed by atoms with Gasteiger partial charge >= 0.3 is 0 Å². The maximum atomic E-state index is 5.67. The number of aryl methyl sites for hydroxylation is 1. The van der Waals surface area contributed by atoms with Crippen molar-refractivity contribution in [3.63, 3.8) is 0 Å². The van der Waals surface area contributed by atoms with Crippen molar-refractivity contribution < 1.29 is 13.9 Å². The second kappa shape index (κ2) is 6.91. The molecule has 2 N–H and O–H groups in total. The minimum absolute atomic E-state index is 0.217. The van der Waals surface area contributed by atoms with Gasteiger partial charge in [0.05, 0.1) is 6.61 Å². The highest BCUT2D eigenvalue weighted by Gasteiger charge is 2.09. The Labute approximate surface area is 117 Å². The number of ether oxygens (including phenoxy) is 2. The molecule has 0 atom stereocenters. The molecular formula is C14H19N3O3. The van der Waals surface area contributed by atoms with Crippen LogP contribution in [0.2, 0.25) is 0 Å². The van der Waals surface area contributed by atoms with Gasteiger partial charge in [0.1, 0.15) is 0 Å². The fourth-order valence-electron chi connectivity index (χ4n) is 1.70. The molecule has 108 valence electrons. The summed E-state index contributed by atoms with van der Waals surface area (Å²) in [5.74, 6) is 2.37. The number of benzene rings is 1. The predicted octanol–water partition coefficient (Wildman–Crippen LogP) is 2.07. The third-order valence-corrected chi connectivity index (χ3v) is 2.71. The zero-order valence-corrected chi connectivity index (χ0v) is 11.8. The van der Waals surface area contributed by atoms with Crippen LogP contribution in [0.15, 0.2) is 22.6 Å². The number of rotatable bonds is 7. The molecule has 1 heterocycles. The van der Waals surface area contributed by atoms with Crippen molar-refractivity contribution in [1.29, 1.82) is 0 Å². The second-order valence-corrected chi connectivity index (χ2v) is 4.15. The van der Waals surface area contributed by atoms with Crippen LogP contribution in [0.1, 0.15) is 31.2 Å². The lowest BCUT2D eigenvalue weighted by Gasteiger charge is -2.11. The van der Waals surface area contributed by atoms with E-state index in [0.29, 0.717) is 42.9 Å². The van der Waals surface area contributed by atoms with Gasteiger partial charge in [0, 0.05) is 13.0 Å². The molecule has 2 rings (SSSR count). The second-order valence-electron chi connectivity index (χ2n) is 4.15. The Hall–Kier alpha value is -2.08. The highest BCUT2D eigenvalue weighted by Crippen LogP contribution is 2.29. The number of aromatic nitrogens is 2. The van der Waals surface area contributed by atoms with Gasteiger partial charge in [0.25, 0.3) is 5.89 Å². The molecule has 0 spiro atoms. The molecule has 0 radical (unpaired) electrons. The van der Waals surface area contributed by atoms with Gasteiger partial charge in [0.15, 0.2) is 18.1 Å². The monoisotopic (exact) mass is 277 g/mol. The van der Waals surface area contributed by atoms with Crippen molar-refractivity contribution in [3.8, 4) is 11.5 Å². The molecule has 0 saturated heterocycles. The Balaban J connectivity index is 2.07. The summed E-state index contributed by atoms with van der Waals surface area (Å²) >= 11 is 0. The van der Waals surface area contributed by atoms with Gasteiger partial charge in [-0.2, -0.15) is 0 Å². The Morgan fingerprint density at radius 2 is 1.90 bits per heavy atom. The Morgan fingerprint density at radius 3 is 2.55 bits per heavy atom. The van der Waals surface area contributed by atoms with Crippen molar-refractivity contribution in [2.24, 2.45) is 5.73 Å². The summed E-state index contributed by atoms with van der Waals surface area (Å²) in [5, 5.41) is 7.80. The van der Waals surface area contributed by atoms with Gasteiger partial charge < -0.3 is 19.6 Å². The summed E-state index contributed by atoms with van der Waals surface area (Å²) in [6.07, 6.45) is 0.711. The van der Waals surface area contributed by atoms with Gasteiger partial charge in [-0.05, 0) is 24.6 Å². The van der Waals surface area contributed by atoms with Crippen LogP contribution in [0.25, 0.3) is 0 Å². The molecule has 0 amide bonds. The molecule has 20 heavy (non-hydrogen) atoms. The van der Waals surface area contributed by atoms with Crippen LogP contribution >= 0.6 is 0 Å². The van der Waals surface area contributed by atoms with E-state index in [-0.39, 0.29) is 6.61 Å². The summed E-state index contributed by atoms with van der Waals surface area (Å²) < 4.78 is 16.6. The average Bonchev–Trinajstić information content (AvgIpc) is 2.94. The maximum Gasteiger partial charge on any atom is 0.253 e. The average molecular weight is 277 g/mol. The standard InChI is InChI=1S/C14H19N3O3/c1-3-13-16-17-14(20-13)9-19-11-6-5-10(8-15)7-12(11)18-4-2/h5-7H,3-4,8-9,15H2,1-2H3. The van der Waals surface area contributed by atoms with Crippen LogP contribution in [0.5, 0.6) is 11.5 Å². The van der Waals surface area contributed by atoms with E-state index in [1.165, 1.54) is 0 Å². The summed E-state index contributed by atoms with van der Waals surface area (Å²) in [4.78, 5) is 0. The van der Waals surface area contributed by atoms with E-state index < -0.39 is 0 Å². The highest BCUT2D eigenvalue weighted by molar-refractivity contribution is 5.43. The molecule has 2 aromatic rings. The number of hydrogen-bond donors (Lipinski definition) is 1. The van der Waals surface area contributed by atoms with E-state index in [0.717, 1.165) is 5.56 Å². The normalized spacial score (nSPS) is 10.6. The lowest BCUT2D eigenvalue weighted by Crippen LogP contribution is -2.02. The molecule has 0 fully saturated rings. The third kappa shape index (κ3) is 3.48. The summed E-state index contributed by atoms with van der Waals surface area (Å²) in [5.41, 5.74) is 6.61. The van der Waals surface area contributed by atoms with Crippen molar-refractivity contribution in [2.75, 3.05) is 6.61 Å². The first-order valence-corrected chi connectivity index (χ1v) is 6.66. The quantitative estimate of drug-likeness (QED) is 0.834. The van der Waals surface area contributed by atoms with E-state index in [4.69, 9.17) is 19.6 Å². The first-order valence-electron chi connectivity index (χ1n) is 6.66. The largest absolute Gasteiger partial charge is 0.490 e. The topological polar surface area (TPSA) is 83.4 Å². The molecule has 6 heteroatoms. The fourth-order valence-corrected chi connectivity index (χ4v) is 1.70. The van der Waals surface area contributed by atoms with Crippen LogP contribution in [0.3, 0.4) is 0 Å². The SMILES string of the molecule is CCOc1cc(CN)ccc1OCc1nnc(CC)o1. The van der Waals surface area contributed by atoms with Crippen LogP contribution < -0.4 is 15.2 Å². The smallest absolute Gasteiger partial charge is 0.253 e. The number of nitrogens with two attached hydrogens (primary N) is 1. The Morgan fingerprint density at radius 1 is 1.10 bits per heavy atom. The van der Waals surface area contributed by atoms with Crippen LogP contribution in [-0.4, -0.2) is 16.8 Å². The third-order valence-electron chi connectivity index (χ3n) is 2.71. The number of hydrogen-bond acceptors (Lipinski definition) is 6. The molecule has 0 aliphatic heterocycles. The lowest BCUT2D eigenvalue weighted by atomic mass is 10.2. The minimum Gasteiger partial charge on any atom is -0.490 e. The highest BCUT2D eigenvalue weighted by atomic mass is 16.5. The van der Waals surface area contributed by atoms with Gasteiger partial charge in [0.2, 0.25) is 5.89 Å². The molecule has 6 nitrogen and oxygen atoms in total.